The van der Waals surface area contributed by atoms with E-state index in [9.17, 15) is 0 Å². The number of hydrogen-bond donors (Lipinski definition) is 3. The van der Waals surface area contributed by atoms with Crippen LogP contribution in [0.5, 0.6) is 0 Å². The monoisotopic (exact) mass is 164 g/mol. The van der Waals surface area contributed by atoms with Crippen molar-refractivity contribution in [1.29, 1.82) is 0 Å². The molecule has 0 aliphatic heterocycles. The summed E-state index contributed by atoms with van der Waals surface area (Å²) >= 11 is 0. The minimum atomic E-state index is 0.336. The molecule has 0 spiro atoms. The summed E-state index contributed by atoms with van der Waals surface area (Å²) < 4.78 is 0. The number of nitrogen functional groups attached to an aromatic ring is 1. The smallest absolute Gasteiger partial charge is 0.186 e. The lowest BCUT2D eigenvalue weighted by atomic mass is 10.3. The first-order valence-electron chi connectivity index (χ1n) is 3.46. The van der Waals surface area contributed by atoms with Crippen molar-refractivity contribution in [3.05, 3.63) is 12.0 Å². The van der Waals surface area contributed by atoms with Gasteiger partial charge in [0.2, 0.25) is 0 Å². The Balaban J connectivity index is 2.84. The molecule has 0 unspecified atom stereocenters. The molecule has 0 aromatic carbocycles. The van der Waals surface area contributed by atoms with Gasteiger partial charge in [-0.2, -0.15) is 5.10 Å². The van der Waals surface area contributed by atoms with Gasteiger partial charge in [-0.05, 0) is 0 Å². The molecule has 2 aromatic heterocycles. The summed E-state index contributed by atoms with van der Waals surface area (Å²) in [4.78, 5) is 7.90. The molecular weight excluding hydrogens is 156 g/mol. The number of aromatic nitrogens is 4. The van der Waals surface area contributed by atoms with Crippen LogP contribution in [0.25, 0.3) is 11.0 Å². The molecule has 0 aliphatic carbocycles. The average molecular weight is 164 g/mol. The zero-order chi connectivity index (χ0) is 8.55. The number of nitrogens with one attached hydrogen (secondary N) is 1. The molecular formula is C6H8N6. The highest BCUT2D eigenvalue weighted by Crippen LogP contribution is 2.17. The average Bonchev–Trinajstić information content (AvgIpc) is 2.48. The zero-order valence-corrected chi connectivity index (χ0v) is 6.28. The maximum atomic E-state index is 5.60. The minimum Gasteiger partial charge on any atom is -0.383 e. The third kappa shape index (κ3) is 0.817. The van der Waals surface area contributed by atoms with Gasteiger partial charge in [-0.15, -0.1) is 0 Å². The van der Waals surface area contributed by atoms with Crippen molar-refractivity contribution in [2.75, 3.05) is 5.73 Å². The highest BCUT2D eigenvalue weighted by molar-refractivity contribution is 5.87. The Labute approximate surface area is 68.0 Å². The summed E-state index contributed by atoms with van der Waals surface area (Å²) in [5, 5.41) is 7.21. The predicted molar refractivity (Wildman–Crippen MR) is 44.0 cm³/mol. The second-order valence-electron chi connectivity index (χ2n) is 2.36. The van der Waals surface area contributed by atoms with Gasteiger partial charge in [0.25, 0.3) is 0 Å². The molecule has 0 atom stereocenters. The quantitative estimate of drug-likeness (QED) is 0.521. The van der Waals surface area contributed by atoms with Gasteiger partial charge in [0, 0.05) is 6.54 Å². The SMILES string of the molecule is NCc1ncnc2n[nH]c(N)c12. The van der Waals surface area contributed by atoms with E-state index in [2.05, 4.69) is 20.2 Å². The molecule has 0 radical (unpaired) electrons. The van der Waals surface area contributed by atoms with Crippen molar-refractivity contribution in [3.8, 4) is 0 Å². The Kier molecular flexibility index (Phi) is 1.41. The van der Waals surface area contributed by atoms with Crippen molar-refractivity contribution in [1.82, 2.24) is 20.2 Å². The van der Waals surface area contributed by atoms with Crippen molar-refractivity contribution in [3.63, 3.8) is 0 Å². The summed E-state index contributed by atoms with van der Waals surface area (Å²) in [6.07, 6.45) is 1.42. The Hall–Kier alpha value is -1.69. The van der Waals surface area contributed by atoms with Crippen LogP contribution in [0.3, 0.4) is 0 Å². The molecule has 0 saturated carbocycles. The van der Waals surface area contributed by atoms with Crippen LogP contribution in [0.2, 0.25) is 0 Å². The van der Waals surface area contributed by atoms with E-state index in [-0.39, 0.29) is 0 Å². The molecule has 12 heavy (non-hydrogen) atoms. The Bertz CT molecular complexity index is 405. The molecule has 62 valence electrons. The first-order valence-corrected chi connectivity index (χ1v) is 3.46. The minimum absolute atomic E-state index is 0.336. The second kappa shape index (κ2) is 2.42. The van der Waals surface area contributed by atoms with Crippen LogP contribution < -0.4 is 11.5 Å². The summed E-state index contributed by atoms with van der Waals surface area (Å²) in [7, 11) is 0. The normalized spacial score (nSPS) is 10.8. The fraction of sp³-hybridized carbons (Fsp3) is 0.167. The fourth-order valence-corrected chi connectivity index (χ4v) is 1.10. The van der Waals surface area contributed by atoms with Gasteiger partial charge in [0.1, 0.15) is 12.1 Å². The van der Waals surface area contributed by atoms with Gasteiger partial charge >= 0.3 is 0 Å². The summed E-state index contributed by atoms with van der Waals surface area (Å²) in [5.74, 6) is 0.464. The molecule has 6 heteroatoms. The van der Waals surface area contributed by atoms with Gasteiger partial charge in [0.15, 0.2) is 5.65 Å². The van der Waals surface area contributed by atoms with E-state index in [0.717, 1.165) is 5.39 Å². The second-order valence-corrected chi connectivity index (χ2v) is 2.36. The van der Waals surface area contributed by atoms with E-state index >= 15 is 0 Å². The van der Waals surface area contributed by atoms with Crippen LogP contribution in [0.4, 0.5) is 5.82 Å². The number of fused-ring (bicyclic) bond motifs is 1. The van der Waals surface area contributed by atoms with Gasteiger partial charge in [-0.1, -0.05) is 0 Å². The molecule has 0 fully saturated rings. The molecule has 2 rings (SSSR count). The topological polar surface area (TPSA) is 106 Å². The summed E-state index contributed by atoms with van der Waals surface area (Å²) in [6, 6.07) is 0. The third-order valence-electron chi connectivity index (χ3n) is 1.65. The third-order valence-corrected chi connectivity index (χ3v) is 1.65. The number of anilines is 1. The number of nitrogens with two attached hydrogens (primary N) is 2. The Morgan fingerprint density at radius 1 is 1.42 bits per heavy atom. The van der Waals surface area contributed by atoms with Crippen LogP contribution in [0.1, 0.15) is 5.69 Å². The van der Waals surface area contributed by atoms with E-state index in [0.29, 0.717) is 23.7 Å². The summed E-state index contributed by atoms with van der Waals surface area (Å²) in [6.45, 7) is 0.336. The highest BCUT2D eigenvalue weighted by atomic mass is 15.2. The number of H-pyrrole nitrogens is 1. The van der Waals surface area contributed by atoms with Crippen molar-refractivity contribution in [2.24, 2.45) is 5.73 Å². The van der Waals surface area contributed by atoms with Crippen LogP contribution >= 0.6 is 0 Å². The van der Waals surface area contributed by atoms with Gasteiger partial charge < -0.3 is 11.5 Å². The molecule has 0 bridgehead atoms. The van der Waals surface area contributed by atoms with Crippen LogP contribution in [0, 0.1) is 0 Å². The first kappa shape index (κ1) is 6.99. The van der Waals surface area contributed by atoms with E-state index in [1.807, 2.05) is 0 Å². The van der Waals surface area contributed by atoms with Crippen molar-refractivity contribution < 1.29 is 0 Å². The fourth-order valence-electron chi connectivity index (χ4n) is 1.10. The van der Waals surface area contributed by atoms with Crippen LogP contribution in [-0.4, -0.2) is 20.2 Å². The van der Waals surface area contributed by atoms with E-state index < -0.39 is 0 Å². The van der Waals surface area contributed by atoms with Gasteiger partial charge in [-0.3, -0.25) is 5.10 Å². The first-order chi connectivity index (χ1) is 5.83. The molecule has 0 aliphatic rings. The molecule has 0 saturated heterocycles. The maximum absolute atomic E-state index is 5.60. The lowest BCUT2D eigenvalue weighted by Crippen LogP contribution is -2.01. The molecule has 6 nitrogen and oxygen atoms in total. The molecule has 2 aromatic rings. The molecule has 0 amide bonds. The number of hydrogen-bond acceptors (Lipinski definition) is 5. The van der Waals surface area contributed by atoms with E-state index in [4.69, 9.17) is 11.5 Å². The summed E-state index contributed by atoms with van der Waals surface area (Å²) in [5.41, 5.74) is 12.3. The number of aromatic amines is 1. The number of nitrogens with zero attached hydrogens (tertiary/aromatic N) is 3. The van der Waals surface area contributed by atoms with Crippen molar-refractivity contribution >= 4 is 16.9 Å². The largest absolute Gasteiger partial charge is 0.383 e. The standard InChI is InChI=1S/C6H8N6/c7-1-3-4-5(8)11-12-6(4)10-2-9-3/h2H,1,7H2,(H3,8,9,10,11,12). The van der Waals surface area contributed by atoms with Gasteiger partial charge in [0.05, 0.1) is 11.1 Å². The van der Waals surface area contributed by atoms with Crippen LogP contribution in [0.15, 0.2) is 6.33 Å². The van der Waals surface area contributed by atoms with E-state index in [1.54, 1.807) is 0 Å². The maximum Gasteiger partial charge on any atom is 0.186 e. The Morgan fingerprint density at radius 3 is 3.00 bits per heavy atom. The molecule has 5 N–H and O–H groups in total. The van der Waals surface area contributed by atoms with Crippen molar-refractivity contribution in [2.45, 2.75) is 6.54 Å². The van der Waals surface area contributed by atoms with Crippen LogP contribution in [-0.2, 0) is 6.54 Å². The molecule has 2 heterocycles. The lowest BCUT2D eigenvalue weighted by Gasteiger charge is -1.95. The zero-order valence-electron chi connectivity index (χ0n) is 6.28. The van der Waals surface area contributed by atoms with E-state index in [1.165, 1.54) is 6.33 Å². The highest BCUT2D eigenvalue weighted by Gasteiger charge is 2.07. The lowest BCUT2D eigenvalue weighted by molar-refractivity contribution is 0.988. The van der Waals surface area contributed by atoms with Gasteiger partial charge in [-0.25, -0.2) is 9.97 Å². The Morgan fingerprint density at radius 2 is 2.25 bits per heavy atom. The number of rotatable bonds is 1. The predicted octanol–water partition coefficient (Wildman–Crippen LogP) is -0.606.